The lowest BCUT2D eigenvalue weighted by molar-refractivity contribution is 0.408. The molecule has 0 spiro atoms. The summed E-state index contributed by atoms with van der Waals surface area (Å²) in [6.07, 6.45) is 1.31. The number of aromatic nitrogens is 2. The van der Waals surface area contributed by atoms with Crippen molar-refractivity contribution in [3.05, 3.63) is 23.3 Å². The molecule has 1 rings (SSSR count). The summed E-state index contributed by atoms with van der Waals surface area (Å²) in [5, 5.41) is 6.68. The molecule has 4 nitrogen and oxygen atoms in total. The van der Waals surface area contributed by atoms with Gasteiger partial charge in [-0.15, -0.1) is 0 Å². The molecular weight excluding hydrogens is 210 g/mol. The van der Waals surface area contributed by atoms with E-state index in [2.05, 4.69) is 42.5 Å². The molecule has 5 heteroatoms. The molecule has 0 fully saturated rings. The van der Waals surface area contributed by atoms with E-state index in [1.165, 1.54) is 6.39 Å². The van der Waals surface area contributed by atoms with E-state index in [4.69, 9.17) is 0 Å². The Labute approximate surface area is 72.8 Å². The molecule has 0 bridgehead atoms. The molecule has 0 unspecified atom stereocenters. The van der Waals surface area contributed by atoms with Crippen LogP contribution < -0.4 is 5.32 Å². The normalized spacial score (nSPS) is 9.91. The lowest BCUT2D eigenvalue weighted by Gasteiger charge is -1.97. The van der Waals surface area contributed by atoms with Crippen LogP contribution in [-0.2, 0) is 6.54 Å². The van der Waals surface area contributed by atoms with Crippen LogP contribution in [0.4, 0.5) is 0 Å². The smallest absolute Gasteiger partial charge is 0.213 e. The molecule has 60 valence electrons. The molecule has 0 radical (unpaired) electrons. The highest BCUT2D eigenvalue weighted by Gasteiger charge is 1.95. The minimum Gasteiger partial charge on any atom is -0.343 e. The van der Waals surface area contributed by atoms with Crippen molar-refractivity contribution in [2.75, 3.05) is 6.54 Å². The molecule has 0 aromatic carbocycles. The highest BCUT2D eigenvalue weighted by molar-refractivity contribution is 9.11. The third-order valence-electron chi connectivity index (χ3n) is 1.01. The fourth-order valence-corrected chi connectivity index (χ4v) is 0.778. The number of halogens is 1. The summed E-state index contributed by atoms with van der Waals surface area (Å²) in [4.78, 5) is 3.83. The fraction of sp³-hybridized carbons (Fsp3) is 0.333. The lowest BCUT2D eigenvalue weighted by atomic mass is 10.5. The van der Waals surface area contributed by atoms with Crippen LogP contribution in [0.15, 0.2) is 22.0 Å². The van der Waals surface area contributed by atoms with Gasteiger partial charge in [-0.05, 0) is 0 Å². The van der Waals surface area contributed by atoms with E-state index in [-0.39, 0.29) is 0 Å². The van der Waals surface area contributed by atoms with Crippen LogP contribution >= 0.6 is 15.9 Å². The molecular formula is C6H8BrN3O. The largest absolute Gasteiger partial charge is 0.343 e. The molecule has 0 aliphatic carbocycles. The molecule has 1 aromatic rings. The maximum Gasteiger partial charge on any atom is 0.213 e. The first kappa shape index (κ1) is 8.42. The van der Waals surface area contributed by atoms with Crippen molar-refractivity contribution < 1.29 is 4.52 Å². The third kappa shape index (κ3) is 3.29. The molecule has 0 aliphatic rings. The van der Waals surface area contributed by atoms with Crippen molar-refractivity contribution in [2.45, 2.75) is 6.54 Å². The Kier molecular flexibility index (Phi) is 3.25. The highest BCUT2D eigenvalue weighted by Crippen LogP contribution is 1.97. The average molecular weight is 218 g/mol. The van der Waals surface area contributed by atoms with Gasteiger partial charge in [0.25, 0.3) is 0 Å². The van der Waals surface area contributed by atoms with Gasteiger partial charge in [0.15, 0.2) is 5.82 Å². The first-order chi connectivity index (χ1) is 5.29. The van der Waals surface area contributed by atoms with E-state index >= 15 is 0 Å². The molecule has 1 heterocycles. The summed E-state index contributed by atoms with van der Waals surface area (Å²) in [6.45, 7) is 4.97. The van der Waals surface area contributed by atoms with Gasteiger partial charge in [-0.3, -0.25) is 0 Å². The van der Waals surface area contributed by atoms with E-state index < -0.39 is 0 Å². The first-order valence-corrected chi connectivity index (χ1v) is 3.87. The van der Waals surface area contributed by atoms with Crippen molar-refractivity contribution in [1.82, 2.24) is 15.5 Å². The predicted octanol–water partition coefficient (Wildman–Crippen LogP) is 1.07. The zero-order chi connectivity index (χ0) is 8.10. The molecule has 1 N–H and O–H groups in total. The van der Waals surface area contributed by atoms with Gasteiger partial charge in [0.1, 0.15) is 0 Å². The van der Waals surface area contributed by atoms with Gasteiger partial charge in [0.2, 0.25) is 6.39 Å². The minimum atomic E-state index is 0.598. The summed E-state index contributed by atoms with van der Waals surface area (Å²) < 4.78 is 5.44. The fourth-order valence-electron chi connectivity index (χ4n) is 0.580. The summed E-state index contributed by atoms with van der Waals surface area (Å²) in [7, 11) is 0. The third-order valence-corrected chi connectivity index (χ3v) is 1.29. The molecule has 11 heavy (non-hydrogen) atoms. The molecule has 1 aromatic heterocycles. The van der Waals surface area contributed by atoms with Crippen LogP contribution in [0.1, 0.15) is 5.82 Å². The minimum absolute atomic E-state index is 0.598. The summed E-state index contributed by atoms with van der Waals surface area (Å²) >= 11 is 3.22. The van der Waals surface area contributed by atoms with E-state index in [9.17, 15) is 0 Å². The maximum absolute atomic E-state index is 4.54. The Bertz CT molecular complexity index is 222. The monoisotopic (exact) mass is 217 g/mol. The molecule has 0 atom stereocenters. The Balaban J connectivity index is 2.19. The number of nitrogens with zero attached hydrogens (tertiary/aromatic N) is 2. The van der Waals surface area contributed by atoms with Crippen molar-refractivity contribution in [3.63, 3.8) is 0 Å². The van der Waals surface area contributed by atoms with E-state index in [0.717, 1.165) is 4.48 Å². The Morgan fingerprint density at radius 1 is 1.82 bits per heavy atom. The number of hydrogen-bond acceptors (Lipinski definition) is 4. The van der Waals surface area contributed by atoms with E-state index in [0.29, 0.717) is 18.9 Å². The van der Waals surface area contributed by atoms with Crippen LogP contribution in [0.5, 0.6) is 0 Å². The van der Waals surface area contributed by atoms with Crippen LogP contribution in [0, 0.1) is 0 Å². The first-order valence-electron chi connectivity index (χ1n) is 3.08. The molecule has 0 aliphatic heterocycles. The standard InChI is InChI=1S/C6H8BrN3O/c1-5(7)2-8-3-6-9-4-11-10-6/h4,8H,1-3H2. The van der Waals surface area contributed by atoms with Gasteiger partial charge in [-0.1, -0.05) is 27.7 Å². The van der Waals surface area contributed by atoms with Crippen LogP contribution in [0.3, 0.4) is 0 Å². The Morgan fingerprint density at radius 3 is 3.18 bits per heavy atom. The SMILES string of the molecule is C=C(Br)CNCc1ncon1. The van der Waals surface area contributed by atoms with Gasteiger partial charge in [0, 0.05) is 11.0 Å². The summed E-state index contributed by atoms with van der Waals surface area (Å²) in [5.41, 5.74) is 0. The number of hydrogen-bond donors (Lipinski definition) is 1. The number of nitrogens with one attached hydrogen (secondary N) is 1. The zero-order valence-corrected chi connectivity index (χ0v) is 7.47. The van der Waals surface area contributed by atoms with E-state index in [1.54, 1.807) is 0 Å². The highest BCUT2D eigenvalue weighted by atomic mass is 79.9. The summed E-state index contributed by atoms with van der Waals surface area (Å²) in [5.74, 6) is 0.652. The van der Waals surface area contributed by atoms with Crippen molar-refractivity contribution >= 4 is 15.9 Å². The summed E-state index contributed by atoms with van der Waals surface area (Å²) in [6, 6.07) is 0. The van der Waals surface area contributed by atoms with Crippen LogP contribution in [-0.4, -0.2) is 16.7 Å². The molecule has 0 saturated heterocycles. The lowest BCUT2D eigenvalue weighted by Crippen LogP contribution is -2.15. The maximum atomic E-state index is 4.54. The predicted molar refractivity (Wildman–Crippen MR) is 44.1 cm³/mol. The van der Waals surface area contributed by atoms with Crippen LogP contribution in [0.25, 0.3) is 0 Å². The number of rotatable bonds is 4. The zero-order valence-electron chi connectivity index (χ0n) is 5.88. The van der Waals surface area contributed by atoms with Gasteiger partial charge in [0.05, 0.1) is 6.54 Å². The second-order valence-electron chi connectivity index (χ2n) is 1.97. The van der Waals surface area contributed by atoms with Crippen molar-refractivity contribution in [2.24, 2.45) is 0 Å². The molecule has 0 saturated carbocycles. The van der Waals surface area contributed by atoms with Crippen LogP contribution in [0.2, 0.25) is 0 Å². The van der Waals surface area contributed by atoms with Gasteiger partial charge < -0.3 is 9.84 Å². The second kappa shape index (κ2) is 4.25. The van der Waals surface area contributed by atoms with E-state index in [1.807, 2.05) is 0 Å². The van der Waals surface area contributed by atoms with Gasteiger partial charge in [-0.2, -0.15) is 4.98 Å². The van der Waals surface area contributed by atoms with Crippen molar-refractivity contribution in [1.29, 1.82) is 0 Å². The average Bonchev–Trinajstić information content (AvgIpc) is 2.39. The quantitative estimate of drug-likeness (QED) is 0.821. The van der Waals surface area contributed by atoms with Gasteiger partial charge >= 0.3 is 0 Å². The second-order valence-corrected chi connectivity index (χ2v) is 3.09. The Morgan fingerprint density at radius 2 is 2.64 bits per heavy atom. The molecule has 0 amide bonds. The van der Waals surface area contributed by atoms with Gasteiger partial charge in [-0.25, -0.2) is 0 Å². The topological polar surface area (TPSA) is 51.0 Å². The Hall–Kier alpha value is -0.680. The van der Waals surface area contributed by atoms with Crippen molar-refractivity contribution in [3.8, 4) is 0 Å².